The molecule has 0 bridgehead atoms. The van der Waals surface area contributed by atoms with Crippen LogP contribution in [0.1, 0.15) is 5.56 Å². The van der Waals surface area contributed by atoms with Crippen LogP contribution in [-0.4, -0.2) is 15.2 Å². The monoisotopic (exact) mass is 239 g/mol. The molecule has 0 saturated carbocycles. The number of aryl methyl sites for hydroxylation is 1. The van der Waals surface area contributed by atoms with E-state index in [2.05, 4.69) is 31.1 Å². The van der Waals surface area contributed by atoms with Crippen molar-refractivity contribution in [2.24, 2.45) is 0 Å². The molecule has 66 valence electrons. The molecule has 2 heterocycles. The first-order valence-corrected chi connectivity index (χ1v) is 4.45. The van der Waals surface area contributed by atoms with Crippen LogP contribution in [0.3, 0.4) is 0 Å². The van der Waals surface area contributed by atoms with E-state index in [0.29, 0.717) is 11.6 Å². The van der Waals surface area contributed by atoms with Crippen molar-refractivity contribution in [2.75, 3.05) is 0 Å². The van der Waals surface area contributed by atoms with Gasteiger partial charge in [0.15, 0.2) is 0 Å². The molecule has 0 aliphatic rings. The SMILES string of the molecule is Cc1cc(-c2nnco2)ncc1Br. The molecule has 0 aromatic carbocycles. The van der Waals surface area contributed by atoms with Gasteiger partial charge in [-0.1, -0.05) is 0 Å². The van der Waals surface area contributed by atoms with Crippen LogP contribution in [0, 0.1) is 6.92 Å². The van der Waals surface area contributed by atoms with Gasteiger partial charge < -0.3 is 4.42 Å². The lowest BCUT2D eigenvalue weighted by Gasteiger charge is -1.98. The second-order valence-electron chi connectivity index (χ2n) is 2.56. The Kier molecular flexibility index (Phi) is 2.10. The molecular formula is C8H6BrN3O. The van der Waals surface area contributed by atoms with E-state index >= 15 is 0 Å². The van der Waals surface area contributed by atoms with Gasteiger partial charge in [0.1, 0.15) is 5.69 Å². The van der Waals surface area contributed by atoms with E-state index in [0.717, 1.165) is 10.0 Å². The first-order chi connectivity index (χ1) is 6.27. The summed E-state index contributed by atoms with van der Waals surface area (Å²) in [4.78, 5) is 4.14. The average Bonchev–Trinajstić information content (AvgIpc) is 2.62. The van der Waals surface area contributed by atoms with Gasteiger partial charge in [-0.05, 0) is 34.5 Å². The van der Waals surface area contributed by atoms with E-state index in [1.807, 2.05) is 13.0 Å². The molecular weight excluding hydrogens is 234 g/mol. The Labute approximate surface area is 83.1 Å². The van der Waals surface area contributed by atoms with Gasteiger partial charge in [-0.2, -0.15) is 0 Å². The predicted octanol–water partition coefficient (Wildman–Crippen LogP) is 2.20. The summed E-state index contributed by atoms with van der Waals surface area (Å²) < 4.78 is 5.98. The van der Waals surface area contributed by atoms with Crippen molar-refractivity contribution in [3.8, 4) is 11.6 Å². The second kappa shape index (κ2) is 3.26. The van der Waals surface area contributed by atoms with Crippen molar-refractivity contribution in [3.63, 3.8) is 0 Å². The van der Waals surface area contributed by atoms with Gasteiger partial charge in [-0.15, -0.1) is 10.2 Å². The van der Waals surface area contributed by atoms with Gasteiger partial charge in [-0.25, -0.2) is 4.98 Å². The first-order valence-electron chi connectivity index (χ1n) is 3.66. The fourth-order valence-electron chi connectivity index (χ4n) is 0.941. The Hall–Kier alpha value is -1.23. The van der Waals surface area contributed by atoms with Gasteiger partial charge in [0.05, 0.1) is 0 Å². The third-order valence-corrected chi connectivity index (χ3v) is 2.46. The zero-order chi connectivity index (χ0) is 9.26. The lowest BCUT2D eigenvalue weighted by molar-refractivity contribution is 0.566. The van der Waals surface area contributed by atoms with Crippen molar-refractivity contribution in [2.45, 2.75) is 6.92 Å². The molecule has 0 saturated heterocycles. The van der Waals surface area contributed by atoms with Gasteiger partial charge in [-0.3, -0.25) is 0 Å². The third kappa shape index (κ3) is 1.60. The van der Waals surface area contributed by atoms with Crippen LogP contribution < -0.4 is 0 Å². The Morgan fingerprint density at radius 1 is 1.46 bits per heavy atom. The van der Waals surface area contributed by atoms with Gasteiger partial charge >= 0.3 is 0 Å². The van der Waals surface area contributed by atoms with Crippen LogP contribution in [0.15, 0.2) is 27.5 Å². The maximum absolute atomic E-state index is 5.01. The van der Waals surface area contributed by atoms with E-state index in [1.54, 1.807) is 6.20 Å². The quantitative estimate of drug-likeness (QED) is 0.766. The topological polar surface area (TPSA) is 51.8 Å². The number of hydrogen-bond acceptors (Lipinski definition) is 4. The lowest BCUT2D eigenvalue weighted by atomic mass is 10.2. The van der Waals surface area contributed by atoms with Gasteiger partial charge in [0, 0.05) is 10.7 Å². The molecule has 0 spiro atoms. The molecule has 2 aromatic rings. The third-order valence-electron chi connectivity index (χ3n) is 1.63. The molecule has 0 atom stereocenters. The van der Waals surface area contributed by atoms with Crippen LogP contribution in [0.4, 0.5) is 0 Å². The molecule has 2 aromatic heterocycles. The molecule has 0 aliphatic heterocycles. The van der Waals surface area contributed by atoms with E-state index < -0.39 is 0 Å². The van der Waals surface area contributed by atoms with Crippen LogP contribution in [0.2, 0.25) is 0 Å². The molecule has 0 N–H and O–H groups in total. The maximum Gasteiger partial charge on any atom is 0.266 e. The normalized spacial score (nSPS) is 10.3. The smallest absolute Gasteiger partial charge is 0.266 e. The number of nitrogens with zero attached hydrogens (tertiary/aromatic N) is 3. The summed E-state index contributed by atoms with van der Waals surface area (Å²) in [5.41, 5.74) is 1.78. The number of pyridine rings is 1. The molecule has 0 radical (unpaired) electrons. The van der Waals surface area contributed by atoms with Crippen LogP contribution in [0.5, 0.6) is 0 Å². The maximum atomic E-state index is 5.01. The summed E-state index contributed by atoms with van der Waals surface area (Å²) in [5.74, 6) is 0.440. The van der Waals surface area contributed by atoms with E-state index in [-0.39, 0.29) is 0 Å². The second-order valence-corrected chi connectivity index (χ2v) is 3.42. The Morgan fingerprint density at radius 3 is 2.92 bits per heavy atom. The summed E-state index contributed by atoms with van der Waals surface area (Å²) in [6.07, 6.45) is 3.00. The highest BCUT2D eigenvalue weighted by molar-refractivity contribution is 9.10. The minimum Gasteiger partial charge on any atom is -0.422 e. The molecule has 0 fully saturated rings. The number of halogens is 1. The minimum absolute atomic E-state index is 0.440. The summed E-state index contributed by atoms with van der Waals surface area (Å²) in [7, 11) is 0. The molecule has 0 amide bonds. The summed E-state index contributed by atoms with van der Waals surface area (Å²) in [5, 5.41) is 7.35. The highest BCUT2D eigenvalue weighted by Gasteiger charge is 2.05. The average molecular weight is 240 g/mol. The largest absolute Gasteiger partial charge is 0.422 e. The zero-order valence-electron chi connectivity index (χ0n) is 6.86. The van der Waals surface area contributed by atoms with Crippen LogP contribution in [0.25, 0.3) is 11.6 Å². The van der Waals surface area contributed by atoms with Crippen molar-refractivity contribution in [3.05, 3.63) is 28.7 Å². The zero-order valence-corrected chi connectivity index (χ0v) is 8.45. The number of rotatable bonds is 1. The Morgan fingerprint density at radius 2 is 2.31 bits per heavy atom. The summed E-state index contributed by atoms with van der Waals surface area (Å²) in [6.45, 7) is 1.98. The standard InChI is InChI=1S/C8H6BrN3O/c1-5-2-7(10-3-6(5)9)8-12-11-4-13-8/h2-4H,1H3. The molecule has 13 heavy (non-hydrogen) atoms. The Balaban J connectivity index is 2.49. The van der Waals surface area contributed by atoms with Crippen molar-refractivity contribution >= 4 is 15.9 Å². The van der Waals surface area contributed by atoms with Crippen molar-refractivity contribution in [1.82, 2.24) is 15.2 Å². The minimum atomic E-state index is 0.440. The molecule has 0 aliphatic carbocycles. The van der Waals surface area contributed by atoms with Crippen LogP contribution in [-0.2, 0) is 0 Å². The van der Waals surface area contributed by atoms with E-state index in [9.17, 15) is 0 Å². The molecule has 2 rings (SSSR count). The van der Waals surface area contributed by atoms with Gasteiger partial charge in [0.2, 0.25) is 6.39 Å². The van der Waals surface area contributed by atoms with E-state index in [4.69, 9.17) is 4.42 Å². The molecule has 4 nitrogen and oxygen atoms in total. The Bertz CT molecular complexity index is 413. The summed E-state index contributed by atoms with van der Waals surface area (Å²) >= 11 is 3.36. The molecule has 0 unspecified atom stereocenters. The highest BCUT2D eigenvalue weighted by atomic mass is 79.9. The number of aromatic nitrogens is 3. The predicted molar refractivity (Wildman–Crippen MR) is 50.0 cm³/mol. The lowest BCUT2D eigenvalue weighted by Crippen LogP contribution is -1.86. The number of hydrogen-bond donors (Lipinski definition) is 0. The van der Waals surface area contributed by atoms with E-state index in [1.165, 1.54) is 6.39 Å². The first kappa shape index (κ1) is 8.37. The van der Waals surface area contributed by atoms with Gasteiger partial charge in [0.25, 0.3) is 5.89 Å². The van der Waals surface area contributed by atoms with Crippen molar-refractivity contribution in [1.29, 1.82) is 0 Å². The summed E-state index contributed by atoms with van der Waals surface area (Å²) in [6, 6.07) is 1.89. The fourth-order valence-corrected chi connectivity index (χ4v) is 1.16. The van der Waals surface area contributed by atoms with Crippen LogP contribution >= 0.6 is 15.9 Å². The molecule has 5 heteroatoms. The fraction of sp³-hybridized carbons (Fsp3) is 0.125. The van der Waals surface area contributed by atoms with Crippen molar-refractivity contribution < 1.29 is 4.42 Å². The highest BCUT2D eigenvalue weighted by Crippen LogP contribution is 2.20.